The van der Waals surface area contributed by atoms with E-state index in [1.165, 1.54) is 12.1 Å². The number of hydrogen-bond acceptors (Lipinski definition) is 5. The van der Waals surface area contributed by atoms with Crippen LogP contribution in [0.4, 0.5) is 0 Å². The van der Waals surface area contributed by atoms with E-state index in [4.69, 9.17) is 0 Å². The molecule has 2 aromatic rings. The van der Waals surface area contributed by atoms with Gasteiger partial charge in [-0.05, 0) is 31.2 Å². The Morgan fingerprint density at radius 2 is 1.54 bits per heavy atom. The van der Waals surface area contributed by atoms with Gasteiger partial charge in [0.2, 0.25) is 21.8 Å². The number of carbonyl (C=O) groups excluding carboxylic acids is 2. The zero-order valence-corrected chi connectivity index (χ0v) is 17.1. The first kappa shape index (κ1) is 21.9. The number of benzene rings is 2. The second-order valence-corrected chi connectivity index (χ2v) is 8.86. The molecule has 150 valence electrons. The van der Waals surface area contributed by atoms with Gasteiger partial charge in [0.1, 0.15) is 0 Å². The minimum absolute atomic E-state index is 0.0829. The van der Waals surface area contributed by atoms with Crippen LogP contribution in [0.3, 0.4) is 0 Å². The van der Waals surface area contributed by atoms with Gasteiger partial charge in [0.25, 0.3) is 0 Å². The monoisotopic (exact) mass is 421 g/mol. The summed E-state index contributed by atoms with van der Waals surface area (Å²) in [7, 11) is -3.77. The van der Waals surface area contributed by atoms with Crippen LogP contribution in [0.5, 0.6) is 0 Å². The molecule has 0 saturated heterocycles. The Labute approximate surface area is 169 Å². The highest BCUT2D eigenvalue weighted by Crippen LogP contribution is 2.15. The number of carbonyl (C=O) groups is 2. The summed E-state index contributed by atoms with van der Waals surface area (Å²) in [5.41, 5.74) is 0.935. The van der Waals surface area contributed by atoms with Crippen LogP contribution >= 0.6 is 11.8 Å². The van der Waals surface area contributed by atoms with Gasteiger partial charge in [-0.2, -0.15) is 0 Å². The fourth-order valence-corrected chi connectivity index (χ4v) is 3.91. The van der Waals surface area contributed by atoms with Crippen LogP contribution in [-0.2, 0) is 19.6 Å². The van der Waals surface area contributed by atoms with E-state index in [2.05, 4.69) is 15.4 Å². The Morgan fingerprint density at radius 3 is 2.21 bits per heavy atom. The molecule has 0 aliphatic heterocycles. The van der Waals surface area contributed by atoms with Crippen molar-refractivity contribution in [2.75, 3.05) is 25.4 Å². The van der Waals surface area contributed by atoms with Gasteiger partial charge in [-0.1, -0.05) is 35.9 Å². The number of hydrogen-bond donors (Lipinski definition) is 3. The number of sulfonamides is 1. The maximum atomic E-state index is 12.1. The molecule has 2 amide bonds. The average Bonchev–Trinajstić information content (AvgIpc) is 2.69. The van der Waals surface area contributed by atoms with Crippen LogP contribution in [-0.4, -0.2) is 45.6 Å². The molecule has 3 N–H and O–H groups in total. The third-order valence-electron chi connectivity index (χ3n) is 3.64. The first-order valence-corrected chi connectivity index (χ1v) is 11.1. The molecular weight excluding hydrogens is 398 g/mol. The van der Waals surface area contributed by atoms with Crippen molar-refractivity contribution in [1.82, 2.24) is 15.4 Å². The van der Waals surface area contributed by atoms with E-state index in [9.17, 15) is 18.0 Å². The third-order valence-corrected chi connectivity index (χ3v) is 6.07. The third kappa shape index (κ3) is 7.71. The van der Waals surface area contributed by atoms with E-state index in [0.717, 1.165) is 10.5 Å². The maximum absolute atomic E-state index is 12.1. The molecule has 0 aromatic heterocycles. The van der Waals surface area contributed by atoms with Gasteiger partial charge in [0.05, 0.1) is 18.0 Å². The lowest BCUT2D eigenvalue weighted by atomic mass is 10.2. The molecule has 0 radical (unpaired) electrons. The standard InChI is InChI=1S/C19H23N3O4S2/c1-15-7-9-17(10-8-15)28(25,26)22-14-19(24)21-13-18(23)20-11-12-27-16-5-3-2-4-6-16/h2-10,22H,11-14H2,1H3,(H,20,23)(H,21,24). The van der Waals surface area contributed by atoms with E-state index >= 15 is 0 Å². The van der Waals surface area contributed by atoms with Crippen LogP contribution in [0, 0.1) is 6.92 Å². The summed E-state index contributed by atoms with van der Waals surface area (Å²) in [6.07, 6.45) is 0. The van der Waals surface area contributed by atoms with E-state index in [0.29, 0.717) is 12.3 Å². The molecule has 2 aromatic carbocycles. The van der Waals surface area contributed by atoms with Gasteiger partial charge >= 0.3 is 0 Å². The molecule has 0 spiro atoms. The Kier molecular flexibility index (Phi) is 8.49. The number of amides is 2. The van der Waals surface area contributed by atoms with Crippen LogP contribution < -0.4 is 15.4 Å². The summed E-state index contributed by atoms with van der Waals surface area (Å²) in [5.74, 6) is -0.201. The van der Waals surface area contributed by atoms with Crippen molar-refractivity contribution in [3.05, 3.63) is 60.2 Å². The van der Waals surface area contributed by atoms with Gasteiger partial charge in [-0.15, -0.1) is 11.8 Å². The van der Waals surface area contributed by atoms with Gasteiger partial charge < -0.3 is 10.6 Å². The van der Waals surface area contributed by atoms with Crippen LogP contribution in [0.2, 0.25) is 0 Å². The molecule has 0 aliphatic rings. The summed E-state index contributed by atoms with van der Waals surface area (Å²) in [5, 5.41) is 5.09. The van der Waals surface area contributed by atoms with Gasteiger partial charge in [0.15, 0.2) is 0 Å². The van der Waals surface area contributed by atoms with Crippen molar-refractivity contribution in [3.63, 3.8) is 0 Å². The van der Waals surface area contributed by atoms with Crippen LogP contribution in [0.15, 0.2) is 64.4 Å². The SMILES string of the molecule is Cc1ccc(S(=O)(=O)NCC(=O)NCC(=O)NCCSc2ccccc2)cc1. The zero-order valence-electron chi connectivity index (χ0n) is 15.5. The highest BCUT2D eigenvalue weighted by Gasteiger charge is 2.15. The fraction of sp³-hybridized carbons (Fsp3) is 0.263. The lowest BCUT2D eigenvalue weighted by molar-refractivity contribution is -0.125. The summed E-state index contributed by atoms with van der Waals surface area (Å²) in [6, 6.07) is 16.1. The van der Waals surface area contributed by atoms with Crippen molar-refractivity contribution in [2.45, 2.75) is 16.7 Å². The van der Waals surface area contributed by atoms with Crippen molar-refractivity contribution in [1.29, 1.82) is 0 Å². The Hall–Kier alpha value is -2.36. The van der Waals surface area contributed by atoms with Crippen LogP contribution in [0.1, 0.15) is 5.56 Å². The van der Waals surface area contributed by atoms with E-state index in [1.807, 2.05) is 37.3 Å². The molecule has 0 fully saturated rings. The van der Waals surface area contributed by atoms with Crippen molar-refractivity contribution in [3.8, 4) is 0 Å². The summed E-state index contributed by atoms with van der Waals surface area (Å²) in [4.78, 5) is 24.7. The molecule has 7 nitrogen and oxygen atoms in total. The first-order valence-electron chi connectivity index (χ1n) is 8.64. The molecule has 0 bridgehead atoms. The van der Waals surface area contributed by atoms with Gasteiger partial charge in [0, 0.05) is 17.2 Å². The van der Waals surface area contributed by atoms with Crippen molar-refractivity contribution >= 4 is 33.6 Å². The smallest absolute Gasteiger partial charge is 0.241 e. The van der Waals surface area contributed by atoms with Crippen molar-refractivity contribution < 1.29 is 18.0 Å². The number of aryl methyl sites for hydroxylation is 1. The Bertz CT molecular complexity index is 885. The predicted molar refractivity (Wildman–Crippen MR) is 110 cm³/mol. The first-order chi connectivity index (χ1) is 13.4. The molecular formula is C19H23N3O4S2. The normalized spacial score (nSPS) is 11.0. The van der Waals surface area contributed by atoms with Crippen LogP contribution in [0.25, 0.3) is 0 Å². The fourth-order valence-electron chi connectivity index (χ4n) is 2.14. The Morgan fingerprint density at radius 1 is 0.893 bits per heavy atom. The zero-order chi connectivity index (χ0) is 20.4. The second-order valence-electron chi connectivity index (χ2n) is 5.93. The molecule has 0 heterocycles. The molecule has 9 heteroatoms. The van der Waals surface area contributed by atoms with Gasteiger partial charge in [-0.3, -0.25) is 9.59 Å². The molecule has 28 heavy (non-hydrogen) atoms. The largest absolute Gasteiger partial charge is 0.354 e. The number of rotatable bonds is 10. The topological polar surface area (TPSA) is 104 Å². The van der Waals surface area contributed by atoms with E-state index in [-0.39, 0.29) is 17.3 Å². The molecule has 0 aliphatic carbocycles. The highest BCUT2D eigenvalue weighted by atomic mass is 32.2. The van der Waals surface area contributed by atoms with Gasteiger partial charge in [-0.25, -0.2) is 13.1 Å². The van der Waals surface area contributed by atoms with E-state index < -0.39 is 22.5 Å². The molecule has 2 rings (SSSR count). The molecule has 0 atom stereocenters. The number of thioether (sulfide) groups is 1. The minimum atomic E-state index is -3.77. The lowest BCUT2D eigenvalue weighted by Gasteiger charge is -2.09. The highest BCUT2D eigenvalue weighted by molar-refractivity contribution is 7.99. The summed E-state index contributed by atoms with van der Waals surface area (Å²) < 4.78 is 26.4. The average molecular weight is 422 g/mol. The minimum Gasteiger partial charge on any atom is -0.354 e. The van der Waals surface area contributed by atoms with E-state index in [1.54, 1.807) is 23.9 Å². The summed E-state index contributed by atoms with van der Waals surface area (Å²) in [6.45, 7) is 1.67. The Balaban J connectivity index is 1.63. The summed E-state index contributed by atoms with van der Waals surface area (Å²) >= 11 is 1.62. The lowest BCUT2D eigenvalue weighted by Crippen LogP contribution is -2.42. The second kappa shape index (κ2) is 10.8. The van der Waals surface area contributed by atoms with Crippen molar-refractivity contribution in [2.24, 2.45) is 0 Å². The quantitative estimate of drug-likeness (QED) is 0.396. The molecule has 0 saturated carbocycles. The number of nitrogens with one attached hydrogen (secondary N) is 3. The predicted octanol–water partition coefficient (Wildman–Crippen LogP) is 1.30. The maximum Gasteiger partial charge on any atom is 0.241 e. The molecule has 0 unspecified atom stereocenters.